The van der Waals surface area contributed by atoms with E-state index in [0.29, 0.717) is 17.6 Å². The van der Waals surface area contributed by atoms with Gasteiger partial charge in [-0.1, -0.05) is 0 Å². The molecule has 0 atom stereocenters. The van der Waals surface area contributed by atoms with E-state index in [1.807, 2.05) is 0 Å². The summed E-state index contributed by atoms with van der Waals surface area (Å²) in [5.41, 5.74) is 0.267. The molecule has 88 valence electrons. The number of nitrogens with zero attached hydrogens (tertiary/aromatic N) is 3. The lowest BCUT2D eigenvalue weighted by molar-refractivity contribution is 0.102. The molecule has 2 heterocycles. The van der Waals surface area contributed by atoms with E-state index >= 15 is 0 Å². The predicted molar refractivity (Wildman–Crippen MR) is 57.3 cm³/mol. The lowest BCUT2D eigenvalue weighted by Crippen LogP contribution is -2.12. The molecule has 2 aromatic rings. The Morgan fingerprint density at radius 3 is 3.18 bits per heavy atom. The average Bonchev–Trinajstić information content (AvgIpc) is 2.81. The number of oxazole rings is 1. The topological polar surface area (TPSA) is 96.7 Å². The average molecular weight is 233 g/mol. The van der Waals surface area contributed by atoms with Crippen LogP contribution in [0.2, 0.25) is 0 Å². The molecule has 2 N–H and O–H groups in total. The minimum atomic E-state index is -0.343. The Bertz CT molecular complexity index is 515. The summed E-state index contributed by atoms with van der Waals surface area (Å²) < 4.78 is 5.24. The molecule has 1 amide bonds. The molecule has 7 heteroatoms. The maximum absolute atomic E-state index is 11.7. The minimum absolute atomic E-state index is 0.267. The third-order valence-electron chi connectivity index (χ3n) is 2.60. The molecule has 0 spiro atoms. The highest BCUT2D eigenvalue weighted by Crippen LogP contribution is 2.32. The molecule has 0 unspecified atom stereocenters. The zero-order valence-electron chi connectivity index (χ0n) is 9.01. The van der Waals surface area contributed by atoms with Crippen LogP contribution in [0, 0.1) is 5.92 Å². The summed E-state index contributed by atoms with van der Waals surface area (Å²) in [6, 6.07) is 0. The summed E-state index contributed by atoms with van der Waals surface area (Å²) in [6.45, 7) is 0. The van der Waals surface area contributed by atoms with E-state index in [1.54, 1.807) is 0 Å². The quantitative estimate of drug-likeness (QED) is 0.821. The van der Waals surface area contributed by atoms with Crippen LogP contribution in [0.3, 0.4) is 0 Å². The number of hydrogen-bond acceptors (Lipinski definition) is 5. The second-order valence-corrected chi connectivity index (χ2v) is 4.08. The predicted octanol–water partition coefficient (Wildman–Crippen LogP) is 0.997. The summed E-state index contributed by atoms with van der Waals surface area (Å²) in [4.78, 5) is 15.8. The Labute approximate surface area is 96.6 Å². The number of carbonyl (C=O) groups excluding carboxylic acids is 1. The van der Waals surface area contributed by atoms with Gasteiger partial charge >= 0.3 is 0 Å². The SMILES string of the molecule is O=C(Nc1cn[nH]n1)c1coc(CC2CC2)n1. The zero-order valence-corrected chi connectivity index (χ0v) is 9.01. The van der Waals surface area contributed by atoms with Crippen LogP contribution in [0.1, 0.15) is 29.2 Å². The van der Waals surface area contributed by atoms with Gasteiger partial charge in [-0.25, -0.2) is 4.98 Å². The molecule has 1 fully saturated rings. The summed E-state index contributed by atoms with van der Waals surface area (Å²) in [7, 11) is 0. The van der Waals surface area contributed by atoms with Crippen molar-refractivity contribution in [3.8, 4) is 0 Å². The zero-order chi connectivity index (χ0) is 11.7. The van der Waals surface area contributed by atoms with Gasteiger partial charge in [0.25, 0.3) is 5.91 Å². The first-order valence-corrected chi connectivity index (χ1v) is 5.43. The van der Waals surface area contributed by atoms with E-state index in [0.717, 1.165) is 6.42 Å². The third-order valence-corrected chi connectivity index (χ3v) is 2.60. The number of carbonyl (C=O) groups is 1. The van der Waals surface area contributed by atoms with Crippen molar-refractivity contribution in [2.45, 2.75) is 19.3 Å². The largest absolute Gasteiger partial charge is 0.448 e. The van der Waals surface area contributed by atoms with Gasteiger partial charge in [0.05, 0.1) is 6.20 Å². The summed E-state index contributed by atoms with van der Waals surface area (Å²) in [5, 5.41) is 12.3. The van der Waals surface area contributed by atoms with Crippen LogP contribution < -0.4 is 5.32 Å². The smallest absolute Gasteiger partial charge is 0.278 e. The molecule has 1 aliphatic carbocycles. The molecule has 2 aromatic heterocycles. The Morgan fingerprint density at radius 1 is 1.59 bits per heavy atom. The number of H-pyrrole nitrogens is 1. The highest BCUT2D eigenvalue weighted by molar-refractivity contribution is 6.01. The molecular weight excluding hydrogens is 222 g/mol. The summed E-state index contributed by atoms with van der Waals surface area (Å²) in [6.07, 6.45) is 6.05. The van der Waals surface area contributed by atoms with E-state index in [9.17, 15) is 4.79 Å². The van der Waals surface area contributed by atoms with Crippen molar-refractivity contribution < 1.29 is 9.21 Å². The number of rotatable bonds is 4. The number of amides is 1. The van der Waals surface area contributed by atoms with Crippen LogP contribution >= 0.6 is 0 Å². The first-order chi connectivity index (χ1) is 8.31. The molecule has 7 nitrogen and oxygen atoms in total. The van der Waals surface area contributed by atoms with Crippen LogP contribution in [0.25, 0.3) is 0 Å². The fraction of sp³-hybridized carbons (Fsp3) is 0.400. The summed E-state index contributed by atoms with van der Waals surface area (Å²) >= 11 is 0. The van der Waals surface area contributed by atoms with Crippen LogP contribution in [0.4, 0.5) is 5.82 Å². The van der Waals surface area contributed by atoms with E-state index in [1.165, 1.54) is 25.3 Å². The van der Waals surface area contributed by atoms with Gasteiger partial charge in [0, 0.05) is 6.42 Å². The molecule has 0 aliphatic heterocycles. The summed E-state index contributed by atoms with van der Waals surface area (Å²) in [5.74, 6) is 1.32. The van der Waals surface area contributed by atoms with Crippen molar-refractivity contribution in [3.05, 3.63) is 24.0 Å². The molecular formula is C10H11N5O2. The van der Waals surface area contributed by atoms with Crippen LogP contribution in [-0.4, -0.2) is 26.3 Å². The molecule has 1 saturated carbocycles. The standard InChI is InChI=1S/C10H11N5O2/c16-10(13-8-4-11-15-14-8)7-5-17-9(12-7)3-6-1-2-6/h4-6H,1-3H2,(H2,11,13,14,15,16). The Kier molecular flexibility index (Phi) is 2.36. The Morgan fingerprint density at radius 2 is 2.47 bits per heavy atom. The molecule has 0 saturated heterocycles. The van der Waals surface area contributed by atoms with E-state index in [4.69, 9.17) is 4.42 Å². The van der Waals surface area contributed by atoms with Crippen molar-refractivity contribution in [1.29, 1.82) is 0 Å². The maximum Gasteiger partial charge on any atom is 0.278 e. The lowest BCUT2D eigenvalue weighted by atomic mass is 10.3. The lowest BCUT2D eigenvalue weighted by Gasteiger charge is -1.95. The Hall–Kier alpha value is -2.18. The fourth-order valence-corrected chi connectivity index (χ4v) is 1.52. The van der Waals surface area contributed by atoms with Crippen LogP contribution in [0.15, 0.2) is 16.9 Å². The third kappa shape index (κ3) is 2.32. The number of aromatic amines is 1. The highest BCUT2D eigenvalue weighted by Gasteiger charge is 2.24. The number of anilines is 1. The minimum Gasteiger partial charge on any atom is -0.448 e. The van der Waals surface area contributed by atoms with Gasteiger partial charge in [0.1, 0.15) is 6.26 Å². The second kappa shape index (κ2) is 4.00. The van der Waals surface area contributed by atoms with Crippen molar-refractivity contribution in [2.24, 2.45) is 5.92 Å². The second-order valence-electron chi connectivity index (χ2n) is 4.08. The van der Waals surface area contributed by atoms with Gasteiger partial charge in [0.15, 0.2) is 17.4 Å². The molecule has 0 aromatic carbocycles. The first kappa shape index (κ1) is 10.0. The van der Waals surface area contributed by atoms with Crippen molar-refractivity contribution >= 4 is 11.7 Å². The molecule has 17 heavy (non-hydrogen) atoms. The molecule has 0 bridgehead atoms. The van der Waals surface area contributed by atoms with Gasteiger partial charge in [-0.05, 0) is 18.8 Å². The molecule has 1 aliphatic rings. The van der Waals surface area contributed by atoms with E-state index < -0.39 is 0 Å². The van der Waals surface area contributed by atoms with Gasteiger partial charge in [0.2, 0.25) is 0 Å². The number of nitrogens with one attached hydrogen (secondary N) is 2. The van der Waals surface area contributed by atoms with Gasteiger partial charge in [-0.2, -0.15) is 10.3 Å². The van der Waals surface area contributed by atoms with Crippen molar-refractivity contribution in [2.75, 3.05) is 5.32 Å². The Balaban J connectivity index is 1.66. The van der Waals surface area contributed by atoms with Crippen LogP contribution in [-0.2, 0) is 6.42 Å². The number of aromatic nitrogens is 4. The van der Waals surface area contributed by atoms with Crippen molar-refractivity contribution in [1.82, 2.24) is 20.4 Å². The fourth-order valence-electron chi connectivity index (χ4n) is 1.52. The first-order valence-electron chi connectivity index (χ1n) is 5.43. The number of hydrogen-bond donors (Lipinski definition) is 2. The molecule has 0 radical (unpaired) electrons. The van der Waals surface area contributed by atoms with E-state index in [-0.39, 0.29) is 11.6 Å². The van der Waals surface area contributed by atoms with Gasteiger partial charge < -0.3 is 9.73 Å². The molecule has 3 rings (SSSR count). The van der Waals surface area contributed by atoms with Crippen LogP contribution in [0.5, 0.6) is 0 Å². The van der Waals surface area contributed by atoms with Crippen molar-refractivity contribution in [3.63, 3.8) is 0 Å². The van der Waals surface area contributed by atoms with E-state index in [2.05, 4.69) is 25.7 Å². The highest BCUT2D eigenvalue weighted by atomic mass is 16.3. The monoisotopic (exact) mass is 233 g/mol. The van der Waals surface area contributed by atoms with Gasteiger partial charge in [-0.3, -0.25) is 4.79 Å². The maximum atomic E-state index is 11.7. The normalized spacial score (nSPS) is 14.8. The van der Waals surface area contributed by atoms with Gasteiger partial charge in [-0.15, -0.1) is 5.10 Å².